The van der Waals surface area contributed by atoms with E-state index in [-0.39, 0.29) is 10.9 Å². The third-order valence-corrected chi connectivity index (χ3v) is 2.56. The van der Waals surface area contributed by atoms with Gasteiger partial charge >= 0.3 is 0 Å². The number of nitrogens with one attached hydrogen (secondary N) is 1. The quantitative estimate of drug-likeness (QED) is 0.636. The lowest BCUT2D eigenvalue weighted by Gasteiger charge is -2.13. The summed E-state index contributed by atoms with van der Waals surface area (Å²) in [7, 11) is 0. The van der Waals surface area contributed by atoms with Gasteiger partial charge in [-0.1, -0.05) is 17.7 Å². The Bertz CT molecular complexity index is 437. The Kier molecular flexibility index (Phi) is 5.82. The maximum absolute atomic E-state index is 12.8. The van der Waals surface area contributed by atoms with E-state index in [0.717, 1.165) is 6.07 Å². The van der Waals surface area contributed by atoms with Gasteiger partial charge in [-0.05, 0) is 31.5 Å². The number of hydrogen-bond donors (Lipinski definition) is 1. The van der Waals surface area contributed by atoms with Gasteiger partial charge in [-0.2, -0.15) is 0 Å². The van der Waals surface area contributed by atoms with Crippen LogP contribution in [0, 0.1) is 5.82 Å². The molecule has 98 valence electrons. The molecule has 1 unspecified atom stereocenters. The summed E-state index contributed by atoms with van der Waals surface area (Å²) in [5, 5.41) is 2.73. The van der Waals surface area contributed by atoms with E-state index in [1.165, 1.54) is 12.1 Å². The lowest BCUT2D eigenvalue weighted by atomic mass is 10.3. The fraction of sp³-hybridized carbons (Fsp3) is 0.308. The van der Waals surface area contributed by atoms with Gasteiger partial charge in [0.2, 0.25) is 0 Å². The molecule has 0 radical (unpaired) electrons. The van der Waals surface area contributed by atoms with Crippen LogP contribution in [-0.2, 0) is 9.53 Å². The fourth-order valence-corrected chi connectivity index (χ4v) is 1.44. The molecule has 5 heteroatoms. The van der Waals surface area contributed by atoms with Gasteiger partial charge < -0.3 is 10.1 Å². The van der Waals surface area contributed by atoms with Gasteiger partial charge in [0.15, 0.2) is 0 Å². The lowest BCUT2D eigenvalue weighted by molar-refractivity contribution is -0.126. The standard InChI is InChI=1S/C13H15ClFNO2/c1-3-4-7-18-9(2)13(17)16-12-6-5-10(15)8-11(12)14/h3,5-6,8-9H,1,4,7H2,2H3,(H,16,17). The van der Waals surface area contributed by atoms with Crippen LogP contribution in [0.15, 0.2) is 30.9 Å². The largest absolute Gasteiger partial charge is 0.368 e. The van der Waals surface area contributed by atoms with Crippen LogP contribution in [0.1, 0.15) is 13.3 Å². The van der Waals surface area contributed by atoms with Gasteiger partial charge in [0.25, 0.3) is 5.91 Å². The zero-order valence-corrected chi connectivity index (χ0v) is 10.8. The maximum atomic E-state index is 12.8. The van der Waals surface area contributed by atoms with E-state index in [4.69, 9.17) is 16.3 Å². The molecule has 0 aliphatic carbocycles. The molecule has 3 nitrogen and oxygen atoms in total. The van der Waals surface area contributed by atoms with Crippen molar-refractivity contribution in [1.29, 1.82) is 0 Å². The first kappa shape index (κ1) is 14.7. The molecule has 0 saturated heterocycles. The van der Waals surface area contributed by atoms with Crippen LogP contribution in [0.5, 0.6) is 0 Å². The number of halogens is 2. The highest BCUT2D eigenvalue weighted by molar-refractivity contribution is 6.33. The highest BCUT2D eigenvalue weighted by Crippen LogP contribution is 2.22. The van der Waals surface area contributed by atoms with E-state index in [1.807, 2.05) is 0 Å². The zero-order chi connectivity index (χ0) is 13.5. The van der Waals surface area contributed by atoms with E-state index >= 15 is 0 Å². The first-order valence-electron chi connectivity index (χ1n) is 5.53. The van der Waals surface area contributed by atoms with E-state index in [0.29, 0.717) is 18.7 Å². The highest BCUT2D eigenvalue weighted by Gasteiger charge is 2.14. The Morgan fingerprint density at radius 2 is 2.39 bits per heavy atom. The minimum absolute atomic E-state index is 0.154. The Balaban J connectivity index is 2.55. The molecule has 0 saturated carbocycles. The predicted molar refractivity (Wildman–Crippen MR) is 70.3 cm³/mol. The molecule has 1 atom stereocenters. The summed E-state index contributed by atoms with van der Waals surface area (Å²) in [6.45, 7) is 5.62. The second kappa shape index (κ2) is 7.13. The molecule has 0 aliphatic rings. The minimum atomic E-state index is -0.605. The summed E-state index contributed by atoms with van der Waals surface area (Å²) < 4.78 is 18.1. The summed E-state index contributed by atoms with van der Waals surface area (Å²) in [5.41, 5.74) is 0.363. The van der Waals surface area contributed by atoms with Gasteiger partial charge in [-0.3, -0.25) is 4.79 Å². The fourth-order valence-electron chi connectivity index (χ4n) is 1.23. The summed E-state index contributed by atoms with van der Waals surface area (Å²) in [4.78, 5) is 11.7. The van der Waals surface area contributed by atoms with Crippen LogP contribution >= 0.6 is 11.6 Å². The zero-order valence-electron chi connectivity index (χ0n) is 10.1. The monoisotopic (exact) mass is 271 g/mol. The molecule has 1 amide bonds. The van der Waals surface area contributed by atoms with Gasteiger partial charge in [-0.25, -0.2) is 4.39 Å². The molecule has 0 bridgehead atoms. The van der Waals surface area contributed by atoms with Crippen molar-refractivity contribution in [1.82, 2.24) is 0 Å². The van der Waals surface area contributed by atoms with Crippen LogP contribution in [0.3, 0.4) is 0 Å². The normalized spacial score (nSPS) is 11.9. The van der Waals surface area contributed by atoms with E-state index in [9.17, 15) is 9.18 Å². The number of ether oxygens (including phenoxy) is 1. The molecule has 1 rings (SSSR count). The molecular formula is C13H15ClFNO2. The Hall–Kier alpha value is -1.39. The summed E-state index contributed by atoms with van der Waals surface area (Å²) >= 11 is 5.80. The highest BCUT2D eigenvalue weighted by atomic mass is 35.5. The van der Waals surface area contributed by atoms with Crippen molar-refractivity contribution in [2.75, 3.05) is 11.9 Å². The van der Waals surface area contributed by atoms with Gasteiger partial charge in [0.05, 0.1) is 17.3 Å². The molecule has 1 N–H and O–H groups in total. The predicted octanol–water partition coefficient (Wildman–Crippen LogP) is 3.40. The molecule has 1 aromatic carbocycles. The second-order valence-electron chi connectivity index (χ2n) is 3.70. The number of benzene rings is 1. The summed E-state index contributed by atoms with van der Waals surface area (Å²) in [6.07, 6.45) is 1.78. The maximum Gasteiger partial charge on any atom is 0.253 e. The topological polar surface area (TPSA) is 38.3 Å². The van der Waals surface area contributed by atoms with Crippen molar-refractivity contribution in [2.45, 2.75) is 19.4 Å². The number of amides is 1. The molecule has 0 aliphatic heterocycles. The third-order valence-electron chi connectivity index (χ3n) is 2.25. The first-order valence-corrected chi connectivity index (χ1v) is 5.90. The Labute approximate surface area is 111 Å². The van der Waals surface area contributed by atoms with Crippen molar-refractivity contribution >= 4 is 23.2 Å². The molecule has 0 fully saturated rings. The Morgan fingerprint density at radius 1 is 1.67 bits per heavy atom. The van der Waals surface area contributed by atoms with Crippen molar-refractivity contribution < 1.29 is 13.9 Å². The summed E-state index contributed by atoms with van der Waals surface area (Å²) in [6, 6.07) is 3.77. The second-order valence-corrected chi connectivity index (χ2v) is 4.11. The number of rotatable bonds is 6. The van der Waals surface area contributed by atoms with Crippen LogP contribution in [0.4, 0.5) is 10.1 Å². The van der Waals surface area contributed by atoms with Gasteiger partial charge in [0, 0.05) is 0 Å². The third kappa shape index (κ3) is 4.47. The molecular weight excluding hydrogens is 257 g/mol. The van der Waals surface area contributed by atoms with E-state index < -0.39 is 11.9 Å². The van der Waals surface area contributed by atoms with Crippen molar-refractivity contribution in [2.24, 2.45) is 0 Å². The summed E-state index contributed by atoms with van der Waals surface area (Å²) in [5.74, 6) is -0.777. The number of carbonyl (C=O) groups is 1. The van der Waals surface area contributed by atoms with Crippen molar-refractivity contribution in [3.63, 3.8) is 0 Å². The number of anilines is 1. The van der Waals surface area contributed by atoms with E-state index in [2.05, 4.69) is 11.9 Å². The van der Waals surface area contributed by atoms with Crippen LogP contribution < -0.4 is 5.32 Å². The van der Waals surface area contributed by atoms with Crippen LogP contribution in [-0.4, -0.2) is 18.6 Å². The molecule has 0 spiro atoms. The number of hydrogen-bond acceptors (Lipinski definition) is 2. The van der Waals surface area contributed by atoms with Crippen LogP contribution in [0.2, 0.25) is 5.02 Å². The first-order chi connectivity index (χ1) is 8.54. The van der Waals surface area contributed by atoms with Crippen molar-refractivity contribution in [3.8, 4) is 0 Å². The lowest BCUT2D eigenvalue weighted by Crippen LogP contribution is -2.28. The average molecular weight is 272 g/mol. The Morgan fingerprint density at radius 3 is 3.00 bits per heavy atom. The number of carbonyl (C=O) groups excluding carboxylic acids is 1. The SMILES string of the molecule is C=CCCOC(C)C(=O)Nc1ccc(F)cc1Cl. The molecule has 18 heavy (non-hydrogen) atoms. The minimum Gasteiger partial charge on any atom is -0.368 e. The molecule has 1 aromatic rings. The average Bonchev–Trinajstić information content (AvgIpc) is 2.32. The molecule has 0 aromatic heterocycles. The van der Waals surface area contributed by atoms with Crippen molar-refractivity contribution in [3.05, 3.63) is 41.7 Å². The van der Waals surface area contributed by atoms with Gasteiger partial charge in [-0.15, -0.1) is 6.58 Å². The van der Waals surface area contributed by atoms with Crippen LogP contribution in [0.25, 0.3) is 0 Å². The van der Waals surface area contributed by atoms with Gasteiger partial charge in [0.1, 0.15) is 11.9 Å². The molecule has 0 heterocycles. The smallest absolute Gasteiger partial charge is 0.253 e. The van der Waals surface area contributed by atoms with E-state index in [1.54, 1.807) is 13.0 Å².